The highest BCUT2D eigenvalue weighted by Crippen LogP contribution is 2.27. The van der Waals surface area contributed by atoms with E-state index in [4.69, 9.17) is 4.74 Å². The average molecular weight is 408 g/mol. The number of ether oxygens (including phenoxy) is 1. The molecule has 0 unspecified atom stereocenters. The summed E-state index contributed by atoms with van der Waals surface area (Å²) in [5, 5.41) is 3.07. The van der Waals surface area contributed by atoms with Gasteiger partial charge in [-0.25, -0.2) is 0 Å². The van der Waals surface area contributed by atoms with E-state index < -0.39 is 0 Å². The second kappa shape index (κ2) is 9.87. The molecule has 30 heavy (non-hydrogen) atoms. The summed E-state index contributed by atoms with van der Waals surface area (Å²) < 4.78 is 5.51. The summed E-state index contributed by atoms with van der Waals surface area (Å²) in [4.78, 5) is 29.2. The molecule has 1 N–H and O–H groups in total. The van der Waals surface area contributed by atoms with Crippen LogP contribution in [0.2, 0.25) is 0 Å². The Labute approximate surface area is 177 Å². The van der Waals surface area contributed by atoms with Crippen LogP contribution in [0, 0.1) is 0 Å². The highest BCUT2D eigenvalue weighted by Gasteiger charge is 2.30. The monoisotopic (exact) mass is 407 g/mol. The number of rotatable bonds is 6. The number of anilines is 1. The molecule has 2 fully saturated rings. The third-order valence-electron chi connectivity index (χ3n) is 5.83. The number of nitrogens with one attached hydrogen (secondary N) is 1. The van der Waals surface area contributed by atoms with E-state index in [1.807, 2.05) is 59.5 Å². The van der Waals surface area contributed by atoms with Crippen molar-refractivity contribution in [1.82, 2.24) is 9.80 Å². The van der Waals surface area contributed by atoms with Gasteiger partial charge >= 0.3 is 0 Å². The molecule has 2 aromatic carbocycles. The number of nitrogens with zero attached hydrogens (tertiary/aromatic N) is 2. The van der Waals surface area contributed by atoms with Crippen molar-refractivity contribution in [3.8, 4) is 11.1 Å². The number of carbonyl (C=O) groups excluding carboxylic acids is 2. The van der Waals surface area contributed by atoms with Crippen LogP contribution < -0.4 is 5.32 Å². The van der Waals surface area contributed by atoms with Crippen LogP contribution in [-0.2, 0) is 14.3 Å². The zero-order valence-electron chi connectivity index (χ0n) is 17.3. The molecule has 2 heterocycles. The van der Waals surface area contributed by atoms with Gasteiger partial charge in [-0.05, 0) is 24.5 Å². The first-order valence-electron chi connectivity index (χ1n) is 10.8. The summed E-state index contributed by atoms with van der Waals surface area (Å²) in [6, 6.07) is 17.9. The van der Waals surface area contributed by atoms with Gasteiger partial charge in [0.25, 0.3) is 5.91 Å². The third-order valence-corrected chi connectivity index (χ3v) is 5.83. The van der Waals surface area contributed by atoms with Gasteiger partial charge < -0.3 is 15.0 Å². The van der Waals surface area contributed by atoms with Crippen LogP contribution in [0.1, 0.15) is 19.3 Å². The quantitative estimate of drug-likeness (QED) is 0.800. The van der Waals surface area contributed by atoms with Crippen LogP contribution in [0.3, 0.4) is 0 Å². The van der Waals surface area contributed by atoms with E-state index in [1.54, 1.807) is 0 Å². The van der Waals surface area contributed by atoms with Gasteiger partial charge in [0.1, 0.15) is 6.10 Å². The Morgan fingerprint density at radius 2 is 1.70 bits per heavy atom. The minimum atomic E-state index is -0.244. The molecule has 4 rings (SSSR count). The van der Waals surface area contributed by atoms with Gasteiger partial charge in [0, 0.05) is 57.0 Å². The lowest BCUT2D eigenvalue weighted by atomic mass is 10.0. The maximum Gasteiger partial charge on any atom is 0.251 e. The Kier molecular flexibility index (Phi) is 6.77. The number of amides is 2. The molecule has 0 radical (unpaired) electrons. The molecular weight excluding hydrogens is 378 g/mol. The third kappa shape index (κ3) is 5.07. The van der Waals surface area contributed by atoms with Crippen molar-refractivity contribution < 1.29 is 14.3 Å². The fourth-order valence-corrected chi connectivity index (χ4v) is 4.10. The normalized spacial score (nSPS) is 19.6. The average Bonchev–Trinajstić information content (AvgIpc) is 3.34. The zero-order chi connectivity index (χ0) is 20.8. The highest BCUT2D eigenvalue weighted by molar-refractivity contribution is 5.95. The molecule has 0 aliphatic carbocycles. The van der Waals surface area contributed by atoms with Gasteiger partial charge in [0.05, 0.1) is 0 Å². The van der Waals surface area contributed by atoms with Crippen molar-refractivity contribution in [3.05, 3.63) is 54.6 Å². The molecule has 2 amide bonds. The SMILES string of the molecule is O=C(CCN1CCN(C(=O)[C@@H]2CCCO2)CC1)Nc1ccccc1-c1ccccc1. The molecule has 158 valence electrons. The molecule has 2 aliphatic heterocycles. The van der Waals surface area contributed by atoms with E-state index in [9.17, 15) is 9.59 Å². The second-order valence-corrected chi connectivity index (χ2v) is 7.88. The first kappa shape index (κ1) is 20.6. The van der Waals surface area contributed by atoms with Crippen molar-refractivity contribution in [2.75, 3.05) is 44.6 Å². The second-order valence-electron chi connectivity index (χ2n) is 7.88. The zero-order valence-corrected chi connectivity index (χ0v) is 17.3. The lowest BCUT2D eigenvalue weighted by Crippen LogP contribution is -2.51. The maximum atomic E-state index is 12.6. The summed E-state index contributed by atoms with van der Waals surface area (Å²) in [5.41, 5.74) is 2.94. The molecule has 2 aliphatic rings. The van der Waals surface area contributed by atoms with Gasteiger partial charge in [0.15, 0.2) is 0 Å². The Hall–Kier alpha value is -2.70. The van der Waals surface area contributed by atoms with Gasteiger partial charge in [-0.3, -0.25) is 14.5 Å². The fourth-order valence-electron chi connectivity index (χ4n) is 4.10. The molecule has 6 heteroatoms. The molecule has 6 nitrogen and oxygen atoms in total. The standard InChI is InChI=1S/C24H29N3O3/c28-23(25-21-10-5-4-9-20(21)19-7-2-1-3-8-19)12-13-26-14-16-27(17-15-26)24(29)22-11-6-18-30-22/h1-5,7-10,22H,6,11-18H2,(H,25,28)/t22-/m0/s1. The van der Waals surface area contributed by atoms with Crippen molar-refractivity contribution in [1.29, 1.82) is 0 Å². The number of para-hydroxylation sites is 1. The van der Waals surface area contributed by atoms with E-state index in [-0.39, 0.29) is 17.9 Å². The topological polar surface area (TPSA) is 61.9 Å². The summed E-state index contributed by atoms with van der Waals surface area (Å²) in [7, 11) is 0. The van der Waals surface area contributed by atoms with Crippen molar-refractivity contribution in [2.45, 2.75) is 25.4 Å². The van der Waals surface area contributed by atoms with Crippen molar-refractivity contribution in [2.24, 2.45) is 0 Å². The first-order valence-corrected chi connectivity index (χ1v) is 10.8. The summed E-state index contributed by atoms with van der Waals surface area (Å²) in [6.45, 7) is 4.40. The van der Waals surface area contributed by atoms with Crippen LogP contribution in [-0.4, -0.2) is 67.0 Å². The Morgan fingerprint density at radius 3 is 2.43 bits per heavy atom. The minimum Gasteiger partial charge on any atom is -0.368 e. The largest absolute Gasteiger partial charge is 0.368 e. The highest BCUT2D eigenvalue weighted by atomic mass is 16.5. The Balaban J connectivity index is 1.25. The molecule has 2 saturated heterocycles. The van der Waals surface area contributed by atoms with Gasteiger partial charge in [-0.15, -0.1) is 0 Å². The summed E-state index contributed by atoms with van der Waals surface area (Å²) in [5.74, 6) is 0.138. The van der Waals surface area contributed by atoms with E-state index in [2.05, 4.69) is 10.2 Å². The van der Waals surface area contributed by atoms with E-state index in [0.717, 1.165) is 42.7 Å². The smallest absolute Gasteiger partial charge is 0.251 e. The number of piperazine rings is 1. The molecule has 0 bridgehead atoms. The number of carbonyl (C=O) groups is 2. The molecule has 1 atom stereocenters. The first-order chi connectivity index (χ1) is 14.7. The minimum absolute atomic E-state index is 0.0104. The number of hydrogen-bond acceptors (Lipinski definition) is 4. The molecule has 2 aromatic rings. The van der Waals surface area contributed by atoms with Crippen LogP contribution >= 0.6 is 0 Å². The Morgan fingerprint density at radius 1 is 0.967 bits per heavy atom. The van der Waals surface area contributed by atoms with Gasteiger partial charge in [0.2, 0.25) is 5.91 Å². The summed E-state index contributed by atoms with van der Waals surface area (Å²) >= 11 is 0. The molecule has 0 aromatic heterocycles. The van der Waals surface area contributed by atoms with Gasteiger partial charge in [-0.1, -0.05) is 48.5 Å². The maximum absolute atomic E-state index is 12.6. The van der Waals surface area contributed by atoms with Crippen molar-refractivity contribution >= 4 is 17.5 Å². The van der Waals surface area contributed by atoms with Gasteiger partial charge in [-0.2, -0.15) is 0 Å². The predicted molar refractivity (Wildman–Crippen MR) is 117 cm³/mol. The predicted octanol–water partition coefficient (Wildman–Crippen LogP) is 3.01. The molecular formula is C24H29N3O3. The van der Waals surface area contributed by atoms with E-state index in [0.29, 0.717) is 32.7 Å². The van der Waals surface area contributed by atoms with Crippen LogP contribution in [0.15, 0.2) is 54.6 Å². The van der Waals surface area contributed by atoms with E-state index >= 15 is 0 Å². The summed E-state index contributed by atoms with van der Waals surface area (Å²) in [6.07, 6.45) is 2.00. The van der Waals surface area contributed by atoms with Crippen LogP contribution in [0.5, 0.6) is 0 Å². The van der Waals surface area contributed by atoms with Crippen LogP contribution in [0.25, 0.3) is 11.1 Å². The lowest BCUT2D eigenvalue weighted by Gasteiger charge is -2.35. The molecule has 0 spiro atoms. The molecule has 0 saturated carbocycles. The van der Waals surface area contributed by atoms with Crippen molar-refractivity contribution in [3.63, 3.8) is 0 Å². The fraction of sp³-hybridized carbons (Fsp3) is 0.417. The van der Waals surface area contributed by atoms with E-state index in [1.165, 1.54) is 0 Å². The Bertz CT molecular complexity index is 857. The van der Waals surface area contributed by atoms with Crippen LogP contribution in [0.4, 0.5) is 5.69 Å². The number of benzene rings is 2. The lowest BCUT2D eigenvalue weighted by molar-refractivity contribution is -0.142. The number of hydrogen-bond donors (Lipinski definition) is 1.